The van der Waals surface area contributed by atoms with Crippen LogP contribution in [0.25, 0.3) is 11.1 Å². The van der Waals surface area contributed by atoms with E-state index in [9.17, 15) is 24.0 Å². The number of benzene rings is 7. The summed E-state index contributed by atoms with van der Waals surface area (Å²) in [7, 11) is -4.33. The molecule has 0 radical (unpaired) electrons. The molecule has 4 N–H and O–H groups in total. The minimum Gasteiger partial charge on any atom is -0.489 e. The molecule has 7 aromatic rings. The van der Waals surface area contributed by atoms with Gasteiger partial charge >= 0.3 is 30.2 Å². The van der Waals surface area contributed by atoms with Crippen molar-refractivity contribution in [2.24, 2.45) is 0 Å². The molecule has 0 aliphatic carbocycles. The van der Waals surface area contributed by atoms with Gasteiger partial charge in [0.1, 0.15) is 68.3 Å². The fourth-order valence-corrected chi connectivity index (χ4v) is 11.7. The highest BCUT2D eigenvalue weighted by Gasteiger charge is 2.41. The Morgan fingerprint density at radius 3 is 1.26 bits per heavy atom. The summed E-state index contributed by atoms with van der Waals surface area (Å²) in [4.78, 5) is 85.5. The largest absolute Gasteiger partial charge is 0.489 e. The van der Waals surface area contributed by atoms with E-state index in [-0.39, 0.29) is 70.5 Å². The van der Waals surface area contributed by atoms with Gasteiger partial charge in [-0.15, -0.1) is 0 Å². The minimum atomic E-state index is -2.68. The highest BCUT2D eigenvalue weighted by molar-refractivity contribution is 6.76. The molecule has 2 unspecified atom stereocenters. The van der Waals surface area contributed by atoms with Crippen LogP contribution in [0.4, 0.5) is 14.4 Å². The molecule has 0 heterocycles. The van der Waals surface area contributed by atoms with E-state index in [2.05, 4.69) is 61.7 Å². The number of hydrogen-bond acceptors (Lipinski definition) is 14. The summed E-state index contributed by atoms with van der Waals surface area (Å²) in [6.45, 7) is 22.1. The SMILES string of the molecule is CC(C)(C)OC(=O)NC(CC(CNC(=O)OCc1ccccc1)O[Si](C)(C)C(C)(C)C)C(=O)N[C@@H](Cc1cc(-c2ccc(OCc3ccccc3)c(C[C@H](NC(=O)OCc3ccccc3)C(=O)OCC[Si](C)(C)C)c2)ccc1OCc1ccccc1)C(=O)OCc1ccccc1. The molecule has 4 amide bonds. The van der Waals surface area contributed by atoms with Crippen LogP contribution in [0.3, 0.4) is 0 Å². The monoisotopic (exact) mass is 1340 g/mol. The Kier molecular flexibility index (Phi) is 27.4. The molecule has 0 aromatic heterocycles. The standard InChI is InChI=1S/C76H94N4O14Si2/c1-75(2,3)93-74(86)79-64(47-63(94-96(10,11)76(4,5)6)48-77-72(84)91-52-57-33-23-15-24-34-57)69(81)78-65(71(83)90-51-56-31-21-14-22-32-56)45-61-43-59(37-39-67(61)88-49-54-27-17-12-18-28-54)60-38-40-68(89-50-55-29-19-13-20-30-55)62(44-60)46-66(70(82)87-41-42-95(7,8)9)80-73(85)92-53-58-35-25-16-26-36-58/h12-40,43-44,63-66H,41-42,45-53H2,1-11H3,(H,77,84)(H,78,81)(H,79,86)(H,80,85)/t63?,64?,65-,66-/m0/s1. The van der Waals surface area contributed by atoms with E-state index in [0.29, 0.717) is 45.4 Å². The van der Waals surface area contributed by atoms with Gasteiger partial charge < -0.3 is 58.9 Å². The number of esters is 2. The molecule has 18 nitrogen and oxygen atoms in total. The van der Waals surface area contributed by atoms with E-state index in [1.54, 1.807) is 26.8 Å². The molecule has 0 aliphatic rings. The van der Waals surface area contributed by atoms with Crippen LogP contribution < -0.4 is 30.7 Å². The first-order chi connectivity index (χ1) is 45.6. The normalized spacial score (nSPS) is 12.9. The average molecular weight is 1340 g/mol. The van der Waals surface area contributed by atoms with Gasteiger partial charge in [0.15, 0.2) is 8.32 Å². The summed E-state index contributed by atoms with van der Waals surface area (Å²) in [6, 6.07) is 54.5. The maximum atomic E-state index is 15.4. The van der Waals surface area contributed by atoms with Gasteiger partial charge in [-0.3, -0.25) is 4.79 Å². The molecular formula is C76H94N4O14Si2. The van der Waals surface area contributed by atoms with E-state index < -0.39 is 82.3 Å². The summed E-state index contributed by atoms with van der Waals surface area (Å²) in [5, 5.41) is 11.0. The second-order valence-corrected chi connectivity index (χ2v) is 37.7. The molecule has 0 fully saturated rings. The zero-order valence-electron chi connectivity index (χ0n) is 57.2. The minimum absolute atomic E-state index is 0.0115. The Morgan fingerprint density at radius 2 is 0.833 bits per heavy atom. The summed E-state index contributed by atoms with van der Waals surface area (Å²) in [5.41, 5.74) is 5.38. The Balaban J connectivity index is 1.28. The van der Waals surface area contributed by atoms with Crippen LogP contribution in [-0.4, -0.2) is 95.5 Å². The first-order valence-electron chi connectivity index (χ1n) is 32.5. The molecule has 20 heteroatoms. The topological polar surface area (TPSA) is 224 Å². The van der Waals surface area contributed by atoms with Crippen molar-refractivity contribution in [3.8, 4) is 22.6 Å². The molecule has 0 aliphatic heterocycles. The van der Waals surface area contributed by atoms with Gasteiger partial charge in [-0.25, -0.2) is 24.0 Å². The lowest BCUT2D eigenvalue weighted by Gasteiger charge is -2.40. The number of rotatable bonds is 32. The number of hydrogen-bond donors (Lipinski definition) is 4. The molecule has 510 valence electrons. The van der Waals surface area contributed by atoms with Gasteiger partial charge in [0.2, 0.25) is 5.91 Å². The predicted octanol–water partition coefficient (Wildman–Crippen LogP) is 14.6. The van der Waals surface area contributed by atoms with Crippen LogP contribution >= 0.6 is 0 Å². The Morgan fingerprint density at radius 1 is 0.438 bits per heavy atom. The predicted molar refractivity (Wildman–Crippen MR) is 376 cm³/mol. The number of carbonyl (C=O) groups excluding carboxylic acids is 6. The van der Waals surface area contributed by atoms with Crippen molar-refractivity contribution in [3.05, 3.63) is 227 Å². The number of carbonyl (C=O) groups is 6. The third kappa shape index (κ3) is 25.5. The van der Waals surface area contributed by atoms with Crippen molar-refractivity contribution in [2.45, 2.75) is 167 Å². The number of ether oxygens (including phenoxy) is 7. The maximum absolute atomic E-state index is 15.4. The zero-order chi connectivity index (χ0) is 69.3. The van der Waals surface area contributed by atoms with Gasteiger partial charge in [0, 0.05) is 33.9 Å². The maximum Gasteiger partial charge on any atom is 0.408 e. The molecule has 0 bridgehead atoms. The Hall–Kier alpha value is -9.25. The smallest absolute Gasteiger partial charge is 0.408 e. The van der Waals surface area contributed by atoms with Gasteiger partial charge in [-0.05, 0) is 119 Å². The zero-order valence-corrected chi connectivity index (χ0v) is 59.2. The first kappa shape index (κ1) is 74.2. The summed E-state index contributed by atoms with van der Waals surface area (Å²) in [5.74, 6) is -1.38. The van der Waals surface area contributed by atoms with Gasteiger partial charge in [0.05, 0.1) is 12.7 Å². The average Bonchev–Trinajstić information content (AvgIpc) is 0.863. The van der Waals surface area contributed by atoms with E-state index in [1.165, 1.54) is 0 Å². The van der Waals surface area contributed by atoms with Crippen molar-refractivity contribution in [3.63, 3.8) is 0 Å². The first-order valence-corrected chi connectivity index (χ1v) is 39.1. The molecule has 7 rings (SSSR count). The highest BCUT2D eigenvalue weighted by atomic mass is 28.4. The summed E-state index contributed by atoms with van der Waals surface area (Å²) < 4.78 is 49.0. The molecule has 0 saturated carbocycles. The van der Waals surface area contributed by atoms with Crippen molar-refractivity contribution >= 4 is 52.5 Å². The lowest BCUT2D eigenvalue weighted by molar-refractivity contribution is -0.149. The van der Waals surface area contributed by atoms with Crippen molar-refractivity contribution in [1.29, 1.82) is 0 Å². The Bertz CT molecular complexity index is 3620. The van der Waals surface area contributed by atoms with E-state index in [0.717, 1.165) is 22.3 Å². The molecule has 7 aromatic carbocycles. The third-order valence-electron chi connectivity index (χ3n) is 15.9. The fourth-order valence-electron chi connectivity index (χ4n) is 9.66. The van der Waals surface area contributed by atoms with Crippen LogP contribution in [0.5, 0.6) is 11.5 Å². The number of amides is 4. The van der Waals surface area contributed by atoms with Crippen LogP contribution in [0.15, 0.2) is 188 Å². The lowest BCUT2D eigenvalue weighted by atomic mass is 9.95. The molecular weight excluding hydrogens is 1250 g/mol. The van der Waals surface area contributed by atoms with Crippen LogP contribution in [0, 0.1) is 0 Å². The fraction of sp³-hybridized carbons (Fsp3) is 0.368. The van der Waals surface area contributed by atoms with Crippen molar-refractivity contribution in [2.75, 3.05) is 13.2 Å². The quantitative estimate of drug-likeness (QED) is 0.0175. The van der Waals surface area contributed by atoms with Gasteiger partial charge in [-0.1, -0.05) is 204 Å². The second kappa shape index (κ2) is 35.5. The van der Waals surface area contributed by atoms with Crippen molar-refractivity contribution in [1.82, 2.24) is 21.3 Å². The number of nitrogens with one attached hydrogen (secondary N) is 4. The molecule has 96 heavy (non-hydrogen) atoms. The van der Waals surface area contributed by atoms with E-state index in [1.807, 2.05) is 195 Å². The summed E-state index contributed by atoms with van der Waals surface area (Å²) >= 11 is 0. The van der Waals surface area contributed by atoms with Crippen LogP contribution in [0.2, 0.25) is 43.8 Å². The van der Waals surface area contributed by atoms with Gasteiger partial charge in [0.25, 0.3) is 0 Å². The van der Waals surface area contributed by atoms with Crippen LogP contribution in [0.1, 0.15) is 86.9 Å². The van der Waals surface area contributed by atoms with Gasteiger partial charge in [-0.2, -0.15) is 0 Å². The highest BCUT2D eigenvalue weighted by Crippen LogP contribution is 2.38. The van der Waals surface area contributed by atoms with E-state index in [4.69, 9.17) is 37.6 Å². The lowest BCUT2D eigenvalue weighted by Crippen LogP contribution is -2.56. The van der Waals surface area contributed by atoms with E-state index >= 15 is 4.79 Å². The summed E-state index contributed by atoms with van der Waals surface area (Å²) in [6.07, 6.45) is -3.75. The van der Waals surface area contributed by atoms with Crippen molar-refractivity contribution < 1.29 is 66.4 Å². The molecule has 0 saturated heterocycles. The Labute approximate surface area is 567 Å². The number of alkyl carbamates (subject to hydrolysis) is 3. The van der Waals surface area contributed by atoms with Crippen LogP contribution in [-0.2, 0) is 88.4 Å². The third-order valence-corrected chi connectivity index (χ3v) is 22.2. The molecule has 0 spiro atoms. The molecule has 4 atom stereocenters. The second-order valence-electron chi connectivity index (χ2n) is 27.4.